The van der Waals surface area contributed by atoms with Crippen LogP contribution in [0.4, 0.5) is 0 Å². The Hall–Kier alpha value is -2.08. The van der Waals surface area contributed by atoms with Crippen molar-refractivity contribution in [2.45, 2.75) is 51.9 Å². The van der Waals surface area contributed by atoms with Gasteiger partial charge in [-0.05, 0) is 31.4 Å². The fourth-order valence-electron chi connectivity index (χ4n) is 2.55. The SMILES string of the molecule is CCOC(=O)Cc1cc(O)cc(O)c1C(=O)CCCCCCCO. The van der Waals surface area contributed by atoms with Crippen LogP contribution in [0.25, 0.3) is 0 Å². The molecule has 0 aromatic heterocycles. The number of phenolic OH excluding ortho intramolecular Hbond substituents is 2. The van der Waals surface area contributed by atoms with Crippen LogP contribution in [0, 0.1) is 0 Å². The Balaban J connectivity index is 2.73. The van der Waals surface area contributed by atoms with Gasteiger partial charge >= 0.3 is 5.97 Å². The molecule has 0 heterocycles. The van der Waals surface area contributed by atoms with E-state index in [1.165, 1.54) is 6.07 Å². The molecule has 6 nitrogen and oxygen atoms in total. The maximum Gasteiger partial charge on any atom is 0.310 e. The highest BCUT2D eigenvalue weighted by atomic mass is 16.5. The summed E-state index contributed by atoms with van der Waals surface area (Å²) >= 11 is 0. The molecule has 24 heavy (non-hydrogen) atoms. The molecule has 0 bridgehead atoms. The van der Waals surface area contributed by atoms with E-state index in [0.29, 0.717) is 6.42 Å². The summed E-state index contributed by atoms with van der Waals surface area (Å²) < 4.78 is 4.86. The van der Waals surface area contributed by atoms with Crippen LogP contribution in [0.1, 0.15) is 61.4 Å². The molecule has 1 aromatic carbocycles. The molecule has 6 heteroatoms. The minimum absolute atomic E-state index is 0.0798. The predicted octanol–water partition coefficient (Wildman–Crippen LogP) is 2.72. The number of rotatable bonds is 11. The van der Waals surface area contributed by atoms with Gasteiger partial charge in [-0.15, -0.1) is 0 Å². The first-order valence-electron chi connectivity index (χ1n) is 8.34. The zero-order valence-corrected chi connectivity index (χ0v) is 14.1. The average molecular weight is 338 g/mol. The summed E-state index contributed by atoms with van der Waals surface area (Å²) in [4.78, 5) is 24.0. The van der Waals surface area contributed by atoms with E-state index in [4.69, 9.17) is 9.84 Å². The van der Waals surface area contributed by atoms with Crippen molar-refractivity contribution in [3.8, 4) is 11.5 Å². The fraction of sp³-hybridized carbons (Fsp3) is 0.556. The summed E-state index contributed by atoms with van der Waals surface area (Å²) in [6, 6.07) is 2.41. The second kappa shape index (κ2) is 10.6. The van der Waals surface area contributed by atoms with Crippen LogP contribution in [0.2, 0.25) is 0 Å². The van der Waals surface area contributed by atoms with Crippen molar-refractivity contribution >= 4 is 11.8 Å². The molecule has 0 saturated heterocycles. The van der Waals surface area contributed by atoms with Gasteiger partial charge in [0.1, 0.15) is 11.5 Å². The van der Waals surface area contributed by atoms with Gasteiger partial charge in [0.25, 0.3) is 0 Å². The Labute approximate surface area is 142 Å². The lowest BCUT2D eigenvalue weighted by Gasteiger charge is -2.11. The minimum atomic E-state index is -0.513. The molecular weight excluding hydrogens is 312 g/mol. The van der Waals surface area contributed by atoms with Crippen molar-refractivity contribution in [1.82, 2.24) is 0 Å². The summed E-state index contributed by atoms with van der Waals surface area (Å²) in [5.41, 5.74) is 0.354. The zero-order valence-electron chi connectivity index (χ0n) is 14.1. The van der Waals surface area contributed by atoms with Crippen molar-refractivity contribution < 1.29 is 29.6 Å². The van der Waals surface area contributed by atoms with E-state index in [2.05, 4.69) is 0 Å². The van der Waals surface area contributed by atoms with E-state index >= 15 is 0 Å². The van der Waals surface area contributed by atoms with Crippen molar-refractivity contribution in [2.75, 3.05) is 13.2 Å². The third kappa shape index (κ3) is 6.58. The largest absolute Gasteiger partial charge is 0.508 e. The number of aliphatic hydroxyl groups excluding tert-OH is 1. The van der Waals surface area contributed by atoms with Gasteiger partial charge in [0.05, 0.1) is 18.6 Å². The highest BCUT2D eigenvalue weighted by Gasteiger charge is 2.20. The molecule has 0 atom stereocenters. The summed E-state index contributed by atoms with van der Waals surface area (Å²) in [6.07, 6.45) is 4.23. The molecule has 3 N–H and O–H groups in total. The number of ketones is 1. The molecule has 0 radical (unpaired) electrons. The van der Waals surface area contributed by atoms with Gasteiger partial charge < -0.3 is 20.1 Å². The van der Waals surface area contributed by atoms with Gasteiger partial charge in [-0.1, -0.05) is 19.3 Å². The number of carbonyl (C=O) groups excluding carboxylic acids is 2. The van der Waals surface area contributed by atoms with Gasteiger partial charge in [-0.3, -0.25) is 9.59 Å². The maximum absolute atomic E-state index is 12.4. The number of carbonyl (C=O) groups is 2. The Morgan fingerprint density at radius 1 is 1.04 bits per heavy atom. The summed E-state index contributed by atoms with van der Waals surface area (Å²) in [5, 5.41) is 28.3. The van der Waals surface area contributed by atoms with Gasteiger partial charge in [0, 0.05) is 19.1 Å². The number of benzene rings is 1. The smallest absolute Gasteiger partial charge is 0.310 e. The number of phenols is 2. The first kappa shape index (κ1) is 20.0. The van der Waals surface area contributed by atoms with Crippen LogP contribution in [-0.4, -0.2) is 40.3 Å². The van der Waals surface area contributed by atoms with Gasteiger partial charge in [0.2, 0.25) is 0 Å². The monoisotopic (exact) mass is 338 g/mol. The van der Waals surface area contributed by atoms with E-state index in [9.17, 15) is 19.8 Å². The summed E-state index contributed by atoms with van der Waals surface area (Å²) in [5.74, 6) is -1.29. The molecule has 0 spiro atoms. The lowest BCUT2D eigenvalue weighted by Crippen LogP contribution is -2.12. The zero-order chi connectivity index (χ0) is 17.9. The molecule has 0 saturated carbocycles. The molecular formula is C18H26O6. The molecule has 0 aliphatic carbocycles. The van der Waals surface area contributed by atoms with Crippen LogP contribution < -0.4 is 0 Å². The van der Waals surface area contributed by atoms with Crippen molar-refractivity contribution in [3.63, 3.8) is 0 Å². The van der Waals surface area contributed by atoms with Crippen LogP contribution >= 0.6 is 0 Å². The van der Waals surface area contributed by atoms with Crippen LogP contribution in [0.5, 0.6) is 11.5 Å². The Morgan fingerprint density at radius 3 is 2.38 bits per heavy atom. The number of Topliss-reactive ketones (excluding diaryl/α,β-unsaturated/α-hetero) is 1. The number of esters is 1. The number of unbranched alkanes of at least 4 members (excludes halogenated alkanes) is 4. The molecule has 0 aliphatic heterocycles. The lowest BCUT2D eigenvalue weighted by molar-refractivity contribution is -0.142. The van der Waals surface area contributed by atoms with Gasteiger partial charge in [-0.2, -0.15) is 0 Å². The van der Waals surface area contributed by atoms with E-state index < -0.39 is 5.97 Å². The quantitative estimate of drug-likeness (QED) is 0.325. The van der Waals surface area contributed by atoms with E-state index in [1.807, 2.05) is 0 Å². The number of hydrogen-bond donors (Lipinski definition) is 3. The minimum Gasteiger partial charge on any atom is -0.508 e. The van der Waals surface area contributed by atoms with Crippen LogP contribution in [-0.2, 0) is 16.0 Å². The van der Waals surface area contributed by atoms with Crippen LogP contribution in [0.3, 0.4) is 0 Å². The maximum atomic E-state index is 12.4. The highest BCUT2D eigenvalue weighted by molar-refractivity contribution is 6.01. The standard InChI is InChI=1S/C18H26O6/c1-2-24-17(23)11-13-10-14(20)12-16(22)18(13)15(21)8-6-4-3-5-7-9-19/h10,12,19-20,22H,2-9,11H2,1H3. The Morgan fingerprint density at radius 2 is 1.71 bits per heavy atom. The van der Waals surface area contributed by atoms with Crippen molar-refractivity contribution in [3.05, 3.63) is 23.3 Å². The third-order valence-corrected chi connectivity index (χ3v) is 3.66. The highest BCUT2D eigenvalue weighted by Crippen LogP contribution is 2.29. The molecule has 0 fully saturated rings. The molecule has 1 aromatic rings. The van der Waals surface area contributed by atoms with E-state index in [-0.39, 0.29) is 54.5 Å². The van der Waals surface area contributed by atoms with Crippen LogP contribution in [0.15, 0.2) is 12.1 Å². The number of ether oxygens (including phenoxy) is 1. The second-order valence-corrected chi connectivity index (χ2v) is 5.65. The third-order valence-electron chi connectivity index (χ3n) is 3.66. The van der Waals surface area contributed by atoms with E-state index in [0.717, 1.165) is 31.7 Å². The van der Waals surface area contributed by atoms with Crippen molar-refractivity contribution in [2.24, 2.45) is 0 Å². The molecule has 134 valence electrons. The number of hydrogen-bond acceptors (Lipinski definition) is 6. The Bertz CT molecular complexity index is 553. The fourth-order valence-corrected chi connectivity index (χ4v) is 2.55. The summed E-state index contributed by atoms with van der Waals surface area (Å²) in [6.45, 7) is 2.08. The topological polar surface area (TPSA) is 104 Å². The first-order chi connectivity index (χ1) is 11.5. The molecule has 0 unspecified atom stereocenters. The lowest BCUT2D eigenvalue weighted by atomic mass is 9.96. The molecule has 0 aliphatic rings. The second-order valence-electron chi connectivity index (χ2n) is 5.65. The Kier molecular flexibility index (Phi) is 8.86. The molecule has 1 rings (SSSR count). The molecule has 0 amide bonds. The predicted molar refractivity (Wildman–Crippen MR) is 89.2 cm³/mol. The van der Waals surface area contributed by atoms with Gasteiger partial charge in [0.15, 0.2) is 5.78 Å². The first-order valence-corrected chi connectivity index (χ1v) is 8.34. The number of aromatic hydroxyl groups is 2. The average Bonchev–Trinajstić information content (AvgIpc) is 2.50. The number of aliphatic hydroxyl groups is 1. The van der Waals surface area contributed by atoms with E-state index in [1.54, 1.807) is 6.92 Å². The van der Waals surface area contributed by atoms with Crippen molar-refractivity contribution in [1.29, 1.82) is 0 Å². The van der Waals surface area contributed by atoms with Gasteiger partial charge in [-0.25, -0.2) is 0 Å². The summed E-state index contributed by atoms with van der Waals surface area (Å²) in [7, 11) is 0. The normalized spacial score (nSPS) is 10.6.